The van der Waals surface area contributed by atoms with E-state index in [4.69, 9.17) is 15.2 Å². The number of amides is 3. The van der Waals surface area contributed by atoms with Crippen molar-refractivity contribution in [3.05, 3.63) is 0 Å². The van der Waals surface area contributed by atoms with Gasteiger partial charge in [-0.15, -0.1) is 0 Å². The Morgan fingerprint density at radius 1 is 1.20 bits per heavy atom. The van der Waals surface area contributed by atoms with Crippen molar-refractivity contribution < 1.29 is 29.0 Å². The molecule has 0 radical (unpaired) electrons. The molecule has 3 amide bonds. The summed E-state index contributed by atoms with van der Waals surface area (Å²) >= 11 is 0. The van der Waals surface area contributed by atoms with Crippen LogP contribution in [-0.4, -0.2) is 68.7 Å². The molecule has 2 atom stereocenters. The number of methoxy groups -OCH3 is 1. The second-order valence-electron chi connectivity index (χ2n) is 5.43. The number of carbonyl (C=O) groups excluding carboxylic acids is 3. The number of ether oxygens (including phenoxy) is 2. The molecule has 0 saturated carbocycles. The van der Waals surface area contributed by atoms with Crippen molar-refractivity contribution in [1.82, 2.24) is 16.0 Å². The summed E-state index contributed by atoms with van der Waals surface area (Å²) in [6, 6.07) is -1.20. The van der Waals surface area contributed by atoms with Gasteiger partial charge < -0.3 is 30.9 Å². The molecule has 0 aliphatic heterocycles. The number of urea groups is 1. The van der Waals surface area contributed by atoms with Gasteiger partial charge in [-0.2, -0.15) is 0 Å². The van der Waals surface area contributed by atoms with Crippen LogP contribution in [-0.2, 0) is 19.1 Å². The number of hydrogen-bond acceptors (Lipinski definition) is 7. The van der Waals surface area contributed by atoms with Crippen LogP contribution in [0.5, 0.6) is 0 Å². The minimum Gasteiger partial charge on any atom is -0.370 e. The van der Waals surface area contributed by atoms with Gasteiger partial charge in [-0.25, -0.2) is 4.79 Å². The van der Waals surface area contributed by atoms with Gasteiger partial charge in [0.2, 0.25) is 5.91 Å². The number of primary amides is 1. The lowest BCUT2D eigenvalue weighted by molar-refractivity contribution is -0.140. The van der Waals surface area contributed by atoms with Crippen LogP contribution < -0.4 is 21.7 Å². The maximum absolute atomic E-state index is 12.1. The molecule has 0 aliphatic rings. The summed E-state index contributed by atoms with van der Waals surface area (Å²) < 4.78 is 9.86. The van der Waals surface area contributed by atoms with Crippen LogP contribution in [0.15, 0.2) is 0 Å². The van der Waals surface area contributed by atoms with Crippen molar-refractivity contribution in [3.8, 4) is 0 Å². The molecule has 1 unspecified atom stereocenters. The van der Waals surface area contributed by atoms with E-state index in [9.17, 15) is 19.5 Å². The molecule has 0 rings (SSSR count). The van der Waals surface area contributed by atoms with Crippen LogP contribution in [0.4, 0.5) is 4.79 Å². The first-order valence-corrected chi connectivity index (χ1v) is 8.25. The van der Waals surface area contributed by atoms with Crippen LogP contribution in [0.1, 0.15) is 32.6 Å². The second kappa shape index (κ2) is 14.6. The van der Waals surface area contributed by atoms with Crippen molar-refractivity contribution in [2.45, 2.75) is 44.9 Å². The molecule has 146 valence electrons. The fourth-order valence-corrected chi connectivity index (χ4v) is 1.91. The molecule has 25 heavy (non-hydrogen) atoms. The number of rotatable bonds is 15. The third-order valence-corrected chi connectivity index (χ3v) is 3.19. The average Bonchev–Trinajstić information content (AvgIpc) is 2.57. The standard InChI is InChI=1S/C15H30N4O6/c1-3-5-13(21)25-9-11(20)8-18-14(22)12(19-10-24-2)6-4-7-17-15(16)23/h12-13,19,21H,3-10H2,1-2H3,(H,18,22)(H3,16,17,23)/t12-,13?/m0/s1. The van der Waals surface area contributed by atoms with Gasteiger partial charge in [0.05, 0.1) is 19.3 Å². The largest absolute Gasteiger partial charge is 0.370 e. The highest BCUT2D eigenvalue weighted by Gasteiger charge is 2.18. The number of Topliss-reactive ketones (excluding diaryl/α,β-unsaturated/α-hetero) is 1. The Bertz CT molecular complexity index is 407. The predicted molar refractivity (Wildman–Crippen MR) is 90.5 cm³/mol. The molecule has 0 aliphatic carbocycles. The minimum atomic E-state index is -0.974. The first-order chi connectivity index (χ1) is 11.9. The van der Waals surface area contributed by atoms with Gasteiger partial charge >= 0.3 is 6.03 Å². The van der Waals surface area contributed by atoms with Gasteiger partial charge in [0.1, 0.15) is 6.61 Å². The number of ketones is 1. The molecule has 10 nitrogen and oxygen atoms in total. The number of aliphatic hydroxyl groups excluding tert-OH is 1. The average molecular weight is 362 g/mol. The third-order valence-electron chi connectivity index (χ3n) is 3.19. The van der Waals surface area contributed by atoms with E-state index in [0.717, 1.165) is 6.42 Å². The van der Waals surface area contributed by atoms with E-state index in [1.54, 1.807) is 0 Å². The van der Waals surface area contributed by atoms with E-state index in [2.05, 4.69) is 16.0 Å². The van der Waals surface area contributed by atoms with Gasteiger partial charge in [0.25, 0.3) is 0 Å². The van der Waals surface area contributed by atoms with Crippen LogP contribution in [0.2, 0.25) is 0 Å². The number of nitrogens with two attached hydrogens (primary N) is 1. The lowest BCUT2D eigenvalue weighted by Gasteiger charge is -2.18. The van der Waals surface area contributed by atoms with Crippen molar-refractivity contribution in [1.29, 1.82) is 0 Å². The minimum absolute atomic E-state index is 0.168. The van der Waals surface area contributed by atoms with Gasteiger partial charge in [0.15, 0.2) is 12.1 Å². The van der Waals surface area contributed by atoms with Gasteiger partial charge in [-0.05, 0) is 19.3 Å². The van der Waals surface area contributed by atoms with E-state index >= 15 is 0 Å². The smallest absolute Gasteiger partial charge is 0.312 e. The monoisotopic (exact) mass is 362 g/mol. The van der Waals surface area contributed by atoms with Crippen LogP contribution in [0.25, 0.3) is 0 Å². The molecule has 6 N–H and O–H groups in total. The predicted octanol–water partition coefficient (Wildman–Crippen LogP) is -1.18. The maximum atomic E-state index is 12.1. The zero-order valence-electron chi connectivity index (χ0n) is 14.9. The molecule has 0 heterocycles. The van der Waals surface area contributed by atoms with E-state index in [0.29, 0.717) is 25.8 Å². The topological polar surface area (TPSA) is 152 Å². The molecule has 0 spiro atoms. The molecular weight excluding hydrogens is 332 g/mol. The van der Waals surface area contributed by atoms with Crippen molar-refractivity contribution in [3.63, 3.8) is 0 Å². The summed E-state index contributed by atoms with van der Waals surface area (Å²) in [5.41, 5.74) is 4.97. The van der Waals surface area contributed by atoms with Crippen molar-refractivity contribution in [2.24, 2.45) is 5.73 Å². The molecule has 0 aromatic carbocycles. The highest BCUT2D eigenvalue weighted by atomic mass is 16.6. The van der Waals surface area contributed by atoms with E-state index in [1.165, 1.54) is 7.11 Å². The Morgan fingerprint density at radius 3 is 2.52 bits per heavy atom. The fraction of sp³-hybridized carbons (Fsp3) is 0.800. The number of nitrogens with one attached hydrogen (secondary N) is 3. The van der Waals surface area contributed by atoms with E-state index < -0.39 is 18.4 Å². The Morgan fingerprint density at radius 2 is 1.92 bits per heavy atom. The van der Waals surface area contributed by atoms with Gasteiger partial charge in [-0.3, -0.25) is 14.9 Å². The zero-order chi connectivity index (χ0) is 19.1. The first kappa shape index (κ1) is 23.2. The molecular formula is C15H30N4O6. The molecule has 0 aromatic rings. The molecule has 0 aromatic heterocycles. The van der Waals surface area contributed by atoms with Crippen molar-refractivity contribution in [2.75, 3.05) is 33.5 Å². The molecule has 0 fully saturated rings. The summed E-state index contributed by atoms with van der Waals surface area (Å²) in [6.07, 6.45) is 1.16. The second-order valence-corrected chi connectivity index (χ2v) is 5.43. The van der Waals surface area contributed by atoms with Gasteiger partial charge in [-0.1, -0.05) is 13.3 Å². The summed E-state index contributed by atoms with van der Waals surface area (Å²) in [4.78, 5) is 34.4. The molecule has 10 heteroatoms. The molecule has 0 saturated heterocycles. The van der Waals surface area contributed by atoms with E-state index in [1.807, 2.05) is 6.92 Å². The fourth-order valence-electron chi connectivity index (χ4n) is 1.91. The Kier molecular flexibility index (Phi) is 13.6. The maximum Gasteiger partial charge on any atom is 0.312 e. The SMILES string of the molecule is CCCC(O)OCC(=O)CNC(=O)[C@H](CCCNC(N)=O)NCOC. The number of carbonyl (C=O) groups is 3. The Balaban J connectivity index is 4.17. The summed E-state index contributed by atoms with van der Waals surface area (Å²) in [7, 11) is 1.49. The zero-order valence-corrected chi connectivity index (χ0v) is 14.9. The van der Waals surface area contributed by atoms with Crippen LogP contribution in [0, 0.1) is 0 Å². The summed E-state index contributed by atoms with van der Waals surface area (Å²) in [6.45, 7) is 1.95. The summed E-state index contributed by atoms with van der Waals surface area (Å²) in [5.74, 6) is -0.706. The molecule has 0 bridgehead atoms. The van der Waals surface area contributed by atoms with Crippen LogP contribution in [0.3, 0.4) is 0 Å². The quantitative estimate of drug-likeness (QED) is 0.181. The summed E-state index contributed by atoms with van der Waals surface area (Å²) in [5, 5.41) is 17.2. The van der Waals surface area contributed by atoms with Crippen molar-refractivity contribution >= 4 is 17.7 Å². The normalized spacial score (nSPS) is 13.1. The van der Waals surface area contributed by atoms with E-state index in [-0.39, 0.29) is 31.6 Å². The number of hydrogen-bond donors (Lipinski definition) is 5. The highest BCUT2D eigenvalue weighted by Crippen LogP contribution is 1.99. The third kappa shape index (κ3) is 13.2. The van der Waals surface area contributed by atoms with Crippen LogP contribution >= 0.6 is 0 Å². The lowest BCUT2D eigenvalue weighted by atomic mass is 10.1. The first-order valence-electron chi connectivity index (χ1n) is 8.25. The highest BCUT2D eigenvalue weighted by molar-refractivity contribution is 5.88. The Labute approximate surface area is 147 Å². The van der Waals surface area contributed by atoms with Gasteiger partial charge in [0, 0.05) is 13.7 Å². The number of aliphatic hydroxyl groups is 1. The lowest BCUT2D eigenvalue weighted by Crippen LogP contribution is -2.47. The Hall–Kier alpha value is -1.75.